The second-order valence-corrected chi connectivity index (χ2v) is 19.6. The molecule has 3 N–H and O–H groups in total. The molecule has 0 aliphatic heterocycles. The molecule has 65 heavy (non-hydrogen) atoms. The van der Waals surface area contributed by atoms with Crippen molar-refractivity contribution in [2.75, 3.05) is 13.2 Å². The molecule has 0 radical (unpaired) electrons. The van der Waals surface area contributed by atoms with Crippen LogP contribution in [0.15, 0.2) is 36.5 Å². The Kier molecular flexibility index (Phi) is 53.1. The number of carbonyl (C=O) groups excluding carboxylic acids is 2. The summed E-state index contributed by atoms with van der Waals surface area (Å²) in [4.78, 5) is 24.5. The van der Waals surface area contributed by atoms with Gasteiger partial charge < -0.3 is 20.3 Å². The Morgan fingerprint density at radius 1 is 0.431 bits per heavy atom. The molecule has 0 spiro atoms. The largest absolute Gasteiger partial charge is 0.466 e. The van der Waals surface area contributed by atoms with Gasteiger partial charge in [-0.1, -0.05) is 262 Å². The maximum atomic E-state index is 12.5. The zero-order valence-electron chi connectivity index (χ0n) is 43.5. The van der Waals surface area contributed by atoms with E-state index in [9.17, 15) is 19.8 Å². The summed E-state index contributed by atoms with van der Waals surface area (Å²) in [5.74, 6) is -0.101. The molecule has 0 saturated carbocycles. The molecule has 382 valence electrons. The van der Waals surface area contributed by atoms with Crippen LogP contribution >= 0.6 is 0 Å². The molecule has 1 amide bonds. The fourth-order valence-electron chi connectivity index (χ4n) is 8.72. The monoisotopic (exact) mass is 914 g/mol. The molecular formula is C59H111NO5. The molecule has 6 heteroatoms. The van der Waals surface area contributed by atoms with Crippen LogP contribution in [0, 0.1) is 0 Å². The highest BCUT2D eigenvalue weighted by atomic mass is 16.5. The Morgan fingerprint density at radius 3 is 1.20 bits per heavy atom. The Labute approximate surface area is 404 Å². The summed E-state index contributed by atoms with van der Waals surface area (Å²) in [6.07, 6.45) is 67.2. The van der Waals surface area contributed by atoms with Gasteiger partial charge in [0.1, 0.15) is 0 Å². The maximum Gasteiger partial charge on any atom is 0.305 e. The Balaban J connectivity index is 3.50. The van der Waals surface area contributed by atoms with Gasteiger partial charge in [0.2, 0.25) is 5.91 Å². The number of rotatable bonds is 53. The van der Waals surface area contributed by atoms with E-state index >= 15 is 0 Å². The predicted molar refractivity (Wildman–Crippen MR) is 283 cm³/mol. The van der Waals surface area contributed by atoms with E-state index in [1.807, 2.05) is 6.08 Å². The maximum absolute atomic E-state index is 12.5. The van der Waals surface area contributed by atoms with Crippen molar-refractivity contribution >= 4 is 11.9 Å². The zero-order chi connectivity index (χ0) is 47.2. The van der Waals surface area contributed by atoms with Crippen molar-refractivity contribution in [1.29, 1.82) is 0 Å². The molecule has 0 aromatic carbocycles. The normalized spacial score (nSPS) is 12.9. The first-order valence-corrected chi connectivity index (χ1v) is 28.8. The number of hydrogen-bond acceptors (Lipinski definition) is 5. The summed E-state index contributed by atoms with van der Waals surface area (Å²) in [6.45, 7) is 4.85. The van der Waals surface area contributed by atoms with E-state index < -0.39 is 12.1 Å². The molecule has 0 rings (SSSR count). The van der Waals surface area contributed by atoms with Crippen molar-refractivity contribution < 1.29 is 24.5 Å². The van der Waals surface area contributed by atoms with Gasteiger partial charge in [0.05, 0.1) is 25.4 Å². The van der Waals surface area contributed by atoms with E-state index in [-0.39, 0.29) is 18.5 Å². The van der Waals surface area contributed by atoms with Crippen LogP contribution in [-0.2, 0) is 14.3 Å². The van der Waals surface area contributed by atoms with Crippen LogP contribution in [0.1, 0.15) is 303 Å². The second-order valence-electron chi connectivity index (χ2n) is 19.6. The molecule has 2 atom stereocenters. The summed E-state index contributed by atoms with van der Waals surface area (Å²) < 4.78 is 5.46. The second kappa shape index (κ2) is 54.7. The van der Waals surface area contributed by atoms with Crippen molar-refractivity contribution in [3.05, 3.63) is 36.5 Å². The molecule has 6 nitrogen and oxygen atoms in total. The van der Waals surface area contributed by atoms with E-state index in [1.54, 1.807) is 6.08 Å². The van der Waals surface area contributed by atoms with Gasteiger partial charge in [-0.3, -0.25) is 9.59 Å². The smallest absolute Gasteiger partial charge is 0.305 e. The lowest BCUT2D eigenvalue weighted by atomic mass is 10.0. The molecule has 0 heterocycles. The molecule has 0 bridgehead atoms. The topological polar surface area (TPSA) is 95.9 Å². The minimum atomic E-state index is -0.855. The van der Waals surface area contributed by atoms with E-state index in [1.165, 1.54) is 205 Å². The third kappa shape index (κ3) is 51.3. The summed E-state index contributed by atoms with van der Waals surface area (Å²) >= 11 is 0. The number of allylic oxidation sites excluding steroid dienone is 5. The average Bonchev–Trinajstić information content (AvgIpc) is 3.31. The number of amides is 1. The predicted octanol–water partition coefficient (Wildman–Crippen LogP) is 17.6. The van der Waals surface area contributed by atoms with Crippen LogP contribution < -0.4 is 5.32 Å². The zero-order valence-corrected chi connectivity index (χ0v) is 43.5. The summed E-state index contributed by atoms with van der Waals surface area (Å²) in [5.41, 5.74) is 0. The van der Waals surface area contributed by atoms with E-state index in [0.29, 0.717) is 19.4 Å². The van der Waals surface area contributed by atoms with Crippen LogP contribution in [0.5, 0.6) is 0 Å². The number of carbonyl (C=O) groups is 2. The first-order chi connectivity index (χ1) is 32.0. The third-order valence-electron chi connectivity index (χ3n) is 13.2. The number of unbranched alkanes of at least 4 members (excludes halogenated alkanes) is 38. The summed E-state index contributed by atoms with van der Waals surface area (Å²) in [5, 5.41) is 23.2. The lowest BCUT2D eigenvalue weighted by Crippen LogP contribution is -2.45. The first kappa shape index (κ1) is 63.1. The standard InChI is InChI=1S/C59H111NO5/c1-3-5-7-9-11-13-15-17-19-20-21-22-23-25-27-31-35-39-43-47-51-57(62)56(55-61)60-58(63)52-48-44-40-36-32-28-26-30-34-38-42-46-50-54-65-59(64)53-49-45-41-37-33-29-24-18-16-14-12-10-8-6-4-2/h12,14,18,24,47,51,56-57,61-62H,3-11,13,15-17,19-23,25-46,48-50,52-55H2,1-2H3,(H,60,63)/b14-12-,24-18-,51-47+. The fourth-order valence-corrected chi connectivity index (χ4v) is 8.72. The number of esters is 1. The molecule has 0 aromatic rings. The lowest BCUT2D eigenvalue weighted by Gasteiger charge is -2.20. The Hall–Kier alpha value is -1.92. The molecule has 2 unspecified atom stereocenters. The molecule has 0 aliphatic carbocycles. The third-order valence-corrected chi connectivity index (χ3v) is 13.2. The van der Waals surface area contributed by atoms with Crippen LogP contribution in [0.3, 0.4) is 0 Å². The van der Waals surface area contributed by atoms with Gasteiger partial charge in [-0.2, -0.15) is 0 Å². The first-order valence-electron chi connectivity index (χ1n) is 28.8. The minimum absolute atomic E-state index is 0.0207. The number of nitrogens with one attached hydrogen (secondary N) is 1. The van der Waals surface area contributed by atoms with Gasteiger partial charge in [-0.05, 0) is 64.2 Å². The van der Waals surface area contributed by atoms with Crippen LogP contribution in [0.4, 0.5) is 0 Å². The van der Waals surface area contributed by atoms with Gasteiger partial charge in [0, 0.05) is 12.8 Å². The van der Waals surface area contributed by atoms with Crippen molar-refractivity contribution in [3.8, 4) is 0 Å². The van der Waals surface area contributed by atoms with Gasteiger partial charge >= 0.3 is 5.97 Å². The number of ether oxygens (including phenoxy) is 1. The number of aliphatic hydroxyl groups is 2. The molecular weight excluding hydrogens is 803 g/mol. The molecule has 0 aromatic heterocycles. The lowest BCUT2D eigenvalue weighted by molar-refractivity contribution is -0.143. The van der Waals surface area contributed by atoms with E-state index in [4.69, 9.17) is 4.74 Å². The van der Waals surface area contributed by atoms with Crippen molar-refractivity contribution in [2.45, 2.75) is 315 Å². The highest BCUT2D eigenvalue weighted by molar-refractivity contribution is 5.76. The van der Waals surface area contributed by atoms with Crippen LogP contribution in [-0.4, -0.2) is 47.4 Å². The van der Waals surface area contributed by atoms with E-state index in [2.05, 4.69) is 43.5 Å². The highest BCUT2D eigenvalue weighted by Crippen LogP contribution is 2.17. The Morgan fingerprint density at radius 2 is 0.769 bits per heavy atom. The highest BCUT2D eigenvalue weighted by Gasteiger charge is 2.18. The van der Waals surface area contributed by atoms with Gasteiger partial charge in [-0.25, -0.2) is 0 Å². The number of hydrogen-bond donors (Lipinski definition) is 3. The average molecular weight is 915 g/mol. The molecule has 0 saturated heterocycles. The SMILES string of the molecule is CCCCC/C=C\C/C=C\CCCCCCCC(=O)OCCCCCCCCCCCCCCCC(=O)NC(CO)C(O)/C=C/CCCCCCCCCCCCCCCCCCCC. The quantitative estimate of drug-likeness (QED) is 0.0321. The van der Waals surface area contributed by atoms with Crippen molar-refractivity contribution in [1.82, 2.24) is 5.32 Å². The minimum Gasteiger partial charge on any atom is -0.466 e. The molecule has 0 fully saturated rings. The van der Waals surface area contributed by atoms with Crippen LogP contribution in [0.25, 0.3) is 0 Å². The van der Waals surface area contributed by atoms with E-state index in [0.717, 1.165) is 70.6 Å². The van der Waals surface area contributed by atoms with Gasteiger partial charge in [0.15, 0.2) is 0 Å². The summed E-state index contributed by atoms with van der Waals surface area (Å²) in [7, 11) is 0. The van der Waals surface area contributed by atoms with Crippen molar-refractivity contribution in [3.63, 3.8) is 0 Å². The van der Waals surface area contributed by atoms with Crippen molar-refractivity contribution in [2.24, 2.45) is 0 Å². The Bertz CT molecular complexity index is 1060. The van der Waals surface area contributed by atoms with Crippen LogP contribution in [0.2, 0.25) is 0 Å². The molecule has 0 aliphatic rings. The number of aliphatic hydroxyl groups excluding tert-OH is 2. The summed E-state index contributed by atoms with van der Waals surface area (Å²) in [6, 6.07) is -0.639. The fraction of sp³-hybridized carbons (Fsp3) is 0.864. The van der Waals surface area contributed by atoms with Gasteiger partial charge in [0.25, 0.3) is 0 Å². The van der Waals surface area contributed by atoms with Gasteiger partial charge in [-0.15, -0.1) is 0 Å².